The molecule has 0 radical (unpaired) electrons. The Kier molecular flexibility index (Phi) is 6.65. The fourth-order valence-electron chi connectivity index (χ4n) is 2.88. The molecule has 0 amide bonds. The van der Waals surface area contributed by atoms with Crippen LogP contribution < -0.4 is 20.9 Å². The van der Waals surface area contributed by atoms with E-state index in [4.69, 9.17) is 15.4 Å². The minimum absolute atomic E-state index is 0.142. The van der Waals surface area contributed by atoms with E-state index in [1.165, 1.54) is 6.07 Å². The van der Waals surface area contributed by atoms with E-state index >= 15 is 0 Å². The van der Waals surface area contributed by atoms with Crippen LogP contribution in [-0.4, -0.2) is 17.6 Å². The van der Waals surface area contributed by atoms with Gasteiger partial charge in [0.25, 0.3) is 5.56 Å². The molecule has 0 unspecified atom stereocenters. The Morgan fingerprint density at radius 3 is 2.48 bits per heavy atom. The first-order valence-electron chi connectivity index (χ1n) is 9.06. The SMILES string of the molecule is COc1cccc(COc2cccc(=O)n2CCc2ccc(C(=O)ON)cc2)c1. The lowest BCUT2D eigenvalue weighted by molar-refractivity contribution is 0.0503. The Bertz CT molecular complexity index is 1030. The molecule has 29 heavy (non-hydrogen) atoms. The molecule has 0 aliphatic rings. The molecule has 7 heteroatoms. The zero-order valence-electron chi connectivity index (χ0n) is 16.0. The van der Waals surface area contributed by atoms with Crippen molar-refractivity contribution in [2.75, 3.05) is 7.11 Å². The third-order valence-electron chi connectivity index (χ3n) is 4.45. The summed E-state index contributed by atoms with van der Waals surface area (Å²) in [6.45, 7) is 0.754. The van der Waals surface area contributed by atoms with Crippen molar-refractivity contribution in [2.24, 2.45) is 5.90 Å². The maximum Gasteiger partial charge on any atom is 0.356 e. The lowest BCUT2D eigenvalue weighted by Crippen LogP contribution is -2.22. The van der Waals surface area contributed by atoms with Gasteiger partial charge in [-0.3, -0.25) is 9.36 Å². The Morgan fingerprint density at radius 1 is 1.00 bits per heavy atom. The molecular weight excluding hydrogens is 372 g/mol. The molecule has 1 aromatic heterocycles. The van der Waals surface area contributed by atoms with Crippen molar-refractivity contribution < 1.29 is 19.1 Å². The van der Waals surface area contributed by atoms with E-state index in [-0.39, 0.29) is 5.56 Å². The van der Waals surface area contributed by atoms with Crippen LogP contribution >= 0.6 is 0 Å². The number of hydrogen-bond acceptors (Lipinski definition) is 6. The van der Waals surface area contributed by atoms with Crippen LogP contribution in [0.5, 0.6) is 11.6 Å². The highest BCUT2D eigenvalue weighted by Gasteiger charge is 2.08. The van der Waals surface area contributed by atoms with Gasteiger partial charge in [-0.1, -0.05) is 30.3 Å². The van der Waals surface area contributed by atoms with Crippen LogP contribution in [-0.2, 0) is 24.4 Å². The van der Waals surface area contributed by atoms with Gasteiger partial charge in [-0.15, -0.1) is 0 Å². The first-order chi connectivity index (χ1) is 14.1. The monoisotopic (exact) mass is 394 g/mol. The summed E-state index contributed by atoms with van der Waals surface area (Å²) in [6, 6.07) is 19.4. The topological polar surface area (TPSA) is 92.8 Å². The molecule has 0 bridgehead atoms. The van der Waals surface area contributed by atoms with E-state index in [0.29, 0.717) is 31.0 Å². The average molecular weight is 394 g/mol. The number of rotatable bonds is 8. The number of hydrogen-bond donors (Lipinski definition) is 1. The molecule has 0 spiro atoms. The summed E-state index contributed by atoms with van der Waals surface area (Å²) in [6.07, 6.45) is 0.595. The van der Waals surface area contributed by atoms with Crippen molar-refractivity contribution >= 4 is 5.97 Å². The molecule has 3 aromatic rings. The van der Waals surface area contributed by atoms with Gasteiger partial charge in [-0.2, -0.15) is 5.90 Å². The second-order valence-electron chi connectivity index (χ2n) is 6.35. The first kappa shape index (κ1) is 20.2. The van der Waals surface area contributed by atoms with E-state index in [1.807, 2.05) is 24.3 Å². The predicted molar refractivity (Wildman–Crippen MR) is 108 cm³/mol. The molecule has 1 heterocycles. The van der Waals surface area contributed by atoms with E-state index in [2.05, 4.69) is 4.84 Å². The lowest BCUT2D eigenvalue weighted by atomic mass is 10.1. The number of aromatic nitrogens is 1. The third kappa shape index (κ3) is 5.24. The second-order valence-corrected chi connectivity index (χ2v) is 6.35. The summed E-state index contributed by atoms with van der Waals surface area (Å²) in [7, 11) is 1.61. The van der Waals surface area contributed by atoms with Gasteiger partial charge in [0.1, 0.15) is 12.4 Å². The van der Waals surface area contributed by atoms with Crippen molar-refractivity contribution in [1.82, 2.24) is 4.57 Å². The summed E-state index contributed by atoms with van der Waals surface area (Å²) in [5, 5.41) is 0. The molecule has 0 aliphatic heterocycles. The first-order valence-corrected chi connectivity index (χ1v) is 9.06. The molecule has 3 rings (SSSR count). The molecule has 0 saturated heterocycles. The normalized spacial score (nSPS) is 10.4. The van der Waals surface area contributed by atoms with Gasteiger partial charge in [0.2, 0.25) is 0 Å². The molecule has 7 nitrogen and oxygen atoms in total. The smallest absolute Gasteiger partial charge is 0.356 e. The number of methoxy groups -OCH3 is 1. The number of benzene rings is 2. The summed E-state index contributed by atoms with van der Waals surface area (Å²) >= 11 is 0. The summed E-state index contributed by atoms with van der Waals surface area (Å²) in [4.78, 5) is 28.0. The highest BCUT2D eigenvalue weighted by molar-refractivity contribution is 5.89. The van der Waals surface area contributed by atoms with E-state index in [0.717, 1.165) is 16.9 Å². The van der Waals surface area contributed by atoms with Crippen LogP contribution in [0, 0.1) is 0 Å². The van der Waals surface area contributed by atoms with Gasteiger partial charge in [0.15, 0.2) is 5.88 Å². The zero-order chi connectivity index (χ0) is 20.6. The highest BCUT2D eigenvalue weighted by Crippen LogP contribution is 2.16. The number of ether oxygens (including phenoxy) is 2. The quantitative estimate of drug-likeness (QED) is 0.591. The number of nitrogens with zero attached hydrogens (tertiary/aromatic N) is 1. The van der Waals surface area contributed by atoms with Gasteiger partial charge >= 0.3 is 5.97 Å². The Balaban J connectivity index is 1.69. The van der Waals surface area contributed by atoms with Crippen molar-refractivity contribution in [3.8, 4) is 11.6 Å². The van der Waals surface area contributed by atoms with Gasteiger partial charge in [0.05, 0.1) is 12.7 Å². The number of pyridine rings is 1. The molecule has 2 aromatic carbocycles. The van der Waals surface area contributed by atoms with Crippen molar-refractivity contribution in [1.29, 1.82) is 0 Å². The van der Waals surface area contributed by atoms with Crippen molar-refractivity contribution in [2.45, 2.75) is 19.6 Å². The Labute approximate surface area is 168 Å². The molecule has 0 fully saturated rings. The molecular formula is C22H22N2O5. The number of carbonyl (C=O) groups excluding carboxylic acids is 1. The predicted octanol–water partition coefficient (Wildman–Crippen LogP) is 2.71. The van der Waals surface area contributed by atoms with Gasteiger partial charge in [0, 0.05) is 12.6 Å². The lowest BCUT2D eigenvalue weighted by Gasteiger charge is -2.14. The Hall–Kier alpha value is -3.58. The maximum absolute atomic E-state index is 12.3. The van der Waals surface area contributed by atoms with E-state index in [9.17, 15) is 9.59 Å². The third-order valence-corrected chi connectivity index (χ3v) is 4.45. The number of nitrogens with two attached hydrogens (primary N) is 1. The molecule has 0 atom stereocenters. The highest BCUT2D eigenvalue weighted by atomic mass is 16.7. The number of carbonyl (C=O) groups is 1. The molecule has 0 aliphatic carbocycles. The fraction of sp³-hybridized carbons (Fsp3) is 0.182. The number of aryl methyl sites for hydroxylation is 1. The van der Waals surface area contributed by atoms with Crippen LogP contribution in [0.3, 0.4) is 0 Å². The summed E-state index contributed by atoms with van der Waals surface area (Å²) in [5.74, 6) is 5.53. The average Bonchev–Trinajstić information content (AvgIpc) is 2.77. The van der Waals surface area contributed by atoms with Crippen molar-refractivity contribution in [3.05, 3.63) is 93.8 Å². The fourth-order valence-corrected chi connectivity index (χ4v) is 2.88. The van der Waals surface area contributed by atoms with Crippen LogP contribution in [0.25, 0.3) is 0 Å². The second kappa shape index (κ2) is 9.57. The Morgan fingerprint density at radius 2 is 1.76 bits per heavy atom. The van der Waals surface area contributed by atoms with E-state index < -0.39 is 5.97 Å². The van der Waals surface area contributed by atoms with Gasteiger partial charge < -0.3 is 14.3 Å². The van der Waals surface area contributed by atoms with Gasteiger partial charge in [-0.25, -0.2) is 4.79 Å². The minimum atomic E-state index is -0.593. The molecule has 150 valence electrons. The largest absolute Gasteiger partial charge is 0.497 e. The standard InChI is InChI=1S/C22H22N2O5/c1-27-19-5-2-4-17(14-19)15-28-21-7-3-6-20(25)24(21)13-12-16-8-10-18(11-9-16)22(26)29-23/h2-11,14H,12-13,15,23H2,1H3. The molecule has 2 N–H and O–H groups in total. The van der Waals surface area contributed by atoms with Crippen LogP contribution in [0.2, 0.25) is 0 Å². The van der Waals surface area contributed by atoms with Crippen LogP contribution in [0.15, 0.2) is 71.5 Å². The van der Waals surface area contributed by atoms with Gasteiger partial charge in [-0.05, 0) is 47.9 Å². The van der Waals surface area contributed by atoms with Crippen molar-refractivity contribution in [3.63, 3.8) is 0 Å². The van der Waals surface area contributed by atoms with Crippen LogP contribution in [0.4, 0.5) is 0 Å². The van der Waals surface area contributed by atoms with Crippen LogP contribution in [0.1, 0.15) is 21.5 Å². The van der Waals surface area contributed by atoms with E-state index in [1.54, 1.807) is 48.1 Å². The minimum Gasteiger partial charge on any atom is -0.497 e. The zero-order valence-corrected chi connectivity index (χ0v) is 16.0. The maximum atomic E-state index is 12.3. The summed E-state index contributed by atoms with van der Waals surface area (Å²) < 4.78 is 12.7. The molecule has 0 saturated carbocycles. The summed E-state index contributed by atoms with van der Waals surface area (Å²) in [5.41, 5.74) is 2.13.